The number of nitrogens with zero attached hydrogens (tertiary/aromatic N) is 1. The van der Waals surface area contributed by atoms with E-state index in [0.717, 1.165) is 41.7 Å². The van der Waals surface area contributed by atoms with Crippen LogP contribution in [0.2, 0.25) is 0 Å². The molecule has 0 amide bonds. The van der Waals surface area contributed by atoms with Crippen molar-refractivity contribution in [2.75, 3.05) is 5.75 Å². The second kappa shape index (κ2) is 10.2. The number of aliphatic hydroxyl groups is 1. The average molecular weight is 438 g/mol. The molecule has 0 saturated heterocycles. The van der Waals surface area contributed by atoms with Gasteiger partial charge in [0.1, 0.15) is 5.78 Å². The summed E-state index contributed by atoms with van der Waals surface area (Å²) in [7, 11) is 0. The summed E-state index contributed by atoms with van der Waals surface area (Å²) in [4.78, 5) is 27.3. The molecule has 3 rings (SSSR count). The van der Waals surface area contributed by atoms with Gasteiger partial charge in [-0.05, 0) is 50.9 Å². The van der Waals surface area contributed by atoms with Crippen LogP contribution in [0.25, 0.3) is 0 Å². The van der Waals surface area contributed by atoms with E-state index in [9.17, 15) is 14.7 Å². The third kappa shape index (κ3) is 6.66. The molecular weight excluding hydrogens is 406 g/mol. The highest BCUT2D eigenvalue weighted by atomic mass is 32.2. The van der Waals surface area contributed by atoms with Crippen molar-refractivity contribution in [3.05, 3.63) is 23.2 Å². The van der Waals surface area contributed by atoms with Gasteiger partial charge in [-0.1, -0.05) is 43.2 Å². The van der Waals surface area contributed by atoms with Crippen molar-refractivity contribution < 1.29 is 19.8 Å². The largest absolute Gasteiger partial charge is 0.476 e. The minimum Gasteiger partial charge on any atom is -0.476 e. The highest BCUT2D eigenvalue weighted by Crippen LogP contribution is 2.36. The molecule has 160 valence electrons. The first-order chi connectivity index (χ1) is 13.8. The van der Waals surface area contributed by atoms with Crippen molar-refractivity contribution in [3.63, 3.8) is 0 Å². The van der Waals surface area contributed by atoms with Crippen LogP contribution in [0.3, 0.4) is 0 Å². The first-order valence-corrected chi connectivity index (χ1v) is 12.4. The number of aromatic carboxylic acids is 1. The molecule has 3 atom stereocenters. The number of allylic oxidation sites excluding steroid dienone is 1. The second-order valence-corrected chi connectivity index (χ2v) is 10.9. The fraction of sp³-hybridized carbons (Fsp3) is 0.682. The molecule has 29 heavy (non-hydrogen) atoms. The molecule has 0 unspecified atom stereocenters. The SMILES string of the molecule is C[C@](O)(C/C=C/[C@@H]1CCC(=O)[C@@H]1CCSc1nc(C(=O)O)cs1)CCC1CCC1. The molecule has 0 bridgehead atoms. The lowest BCUT2D eigenvalue weighted by Gasteiger charge is -2.29. The van der Waals surface area contributed by atoms with Crippen LogP contribution >= 0.6 is 23.1 Å². The molecule has 0 aromatic carbocycles. The molecule has 0 aliphatic heterocycles. The first kappa shape index (κ1) is 22.5. The van der Waals surface area contributed by atoms with E-state index >= 15 is 0 Å². The molecule has 2 aliphatic rings. The number of carbonyl (C=O) groups excluding carboxylic acids is 1. The van der Waals surface area contributed by atoms with Gasteiger partial charge in [0.15, 0.2) is 10.0 Å². The van der Waals surface area contributed by atoms with E-state index in [-0.39, 0.29) is 17.5 Å². The minimum atomic E-state index is -1.01. The van der Waals surface area contributed by atoms with Gasteiger partial charge in [-0.25, -0.2) is 9.78 Å². The zero-order chi connectivity index (χ0) is 20.9. The molecule has 5 nitrogen and oxygen atoms in total. The lowest BCUT2D eigenvalue weighted by atomic mass is 9.79. The molecule has 2 aliphatic carbocycles. The van der Waals surface area contributed by atoms with Crippen molar-refractivity contribution in [3.8, 4) is 0 Å². The smallest absolute Gasteiger partial charge is 0.355 e. The summed E-state index contributed by atoms with van der Waals surface area (Å²) >= 11 is 2.86. The van der Waals surface area contributed by atoms with E-state index in [1.165, 1.54) is 42.4 Å². The number of hydrogen-bond acceptors (Lipinski definition) is 6. The van der Waals surface area contributed by atoms with E-state index in [0.29, 0.717) is 18.6 Å². The van der Waals surface area contributed by atoms with E-state index in [1.807, 2.05) is 6.92 Å². The monoisotopic (exact) mass is 437 g/mol. The van der Waals surface area contributed by atoms with Gasteiger partial charge in [0, 0.05) is 23.5 Å². The van der Waals surface area contributed by atoms with Crippen molar-refractivity contribution in [1.29, 1.82) is 0 Å². The topological polar surface area (TPSA) is 87.5 Å². The Balaban J connectivity index is 1.43. The van der Waals surface area contributed by atoms with Crippen LogP contribution in [-0.2, 0) is 4.79 Å². The lowest BCUT2D eigenvalue weighted by Crippen LogP contribution is -2.25. The number of thiazole rings is 1. The fourth-order valence-corrected chi connectivity index (χ4v) is 6.02. The summed E-state index contributed by atoms with van der Waals surface area (Å²) < 4.78 is 0.738. The Labute approximate surface area is 181 Å². The van der Waals surface area contributed by atoms with Gasteiger partial charge >= 0.3 is 5.97 Å². The Morgan fingerprint density at radius 3 is 2.83 bits per heavy atom. The quantitative estimate of drug-likeness (QED) is 0.366. The Hall–Kier alpha value is -1.18. The minimum absolute atomic E-state index is 0.0255. The number of ketones is 1. The third-order valence-corrected chi connectivity index (χ3v) is 8.32. The molecular formula is C22H31NO4S2. The summed E-state index contributed by atoms with van der Waals surface area (Å²) in [5, 5.41) is 21.1. The van der Waals surface area contributed by atoms with Crippen molar-refractivity contribution in [2.24, 2.45) is 17.8 Å². The first-order valence-electron chi connectivity index (χ1n) is 10.6. The summed E-state index contributed by atoms with van der Waals surface area (Å²) in [5.74, 6) is 1.15. The number of thioether (sulfide) groups is 1. The number of aromatic nitrogens is 1. The summed E-state index contributed by atoms with van der Waals surface area (Å²) in [6, 6.07) is 0. The van der Waals surface area contributed by atoms with Crippen molar-refractivity contribution >= 4 is 34.9 Å². The zero-order valence-corrected chi connectivity index (χ0v) is 18.6. The molecule has 1 aromatic heterocycles. The van der Waals surface area contributed by atoms with Crippen LogP contribution in [0, 0.1) is 17.8 Å². The Morgan fingerprint density at radius 1 is 1.38 bits per heavy atom. The lowest BCUT2D eigenvalue weighted by molar-refractivity contribution is -0.121. The normalized spacial score (nSPS) is 24.7. The van der Waals surface area contributed by atoms with Gasteiger partial charge in [-0.15, -0.1) is 11.3 Å². The Bertz CT molecular complexity index is 739. The zero-order valence-electron chi connectivity index (χ0n) is 17.0. The van der Waals surface area contributed by atoms with Crippen LogP contribution < -0.4 is 0 Å². The van der Waals surface area contributed by atoms with E-state index in [2.05, 4.69) is 17.1 Å². The van der Waals surface area contributed by atoms with Crippen LogP contribution in [0.15, 0.2) is 21.9 Å². The maximum absolute atomic E-state index is 12.3. The van der Waals surface area contributed by atoms with Crippen molar-refractivity contribution in [2.45, 2.75) is 74.7 Å². The summed E-state index contributed by atoms with van der Waals surface area (Å²) in [6.07, 6.45) is 13.1. The van der Waals surface area contributed by atoms with Crippen LogP contribution in [0.4, 0.5) is 0 Å². The molecule has 2 fully saturated rings. The maximum atomic E-state index is 12.3. The number of hydrogen-bond donors (Lipinski definition) is 2. The van der Waals surface area contributed by atoms with Gasteiger partial charge in [-0.3, -0.25) is 4.79 Å². The molecule has 1 aromatic rings. The van der Waals surface area contributed by atoms with E-state index < -0.39 is 11.6 Å². The van der Waals surface area contributed by atoms with E-state index in [4.69, 9.17) is 5.11 Å². The molecule has 0 spiro atoms. The Kier molecular flexibility index (Phi) is 7.93. The predicted molar refractivity (Wildman–Crippen MR) is 117 cm³/mol. The number of carboxylic acid groups (broad SMARTS) is 1. The average Bonchev–Trinajstić information content (AvgIpc) is 3.22. The number of carbonyl (C=O) groups is 2. The fourth-order valence-electron chi connectivity index (χ4n) is 4.13. The predicted octanol–water partition coefficient (Wildman–Crippen LogP) is 5.20. The maximum Gasteiger partial charge on any atom is 0.355 e. The third-order valence-electron chi connectivity index (χ3n) is 6.27. The van der Waals surface area contributed by atoms with Crippen LogP contribution in [0.5, 0.6) is 0 Å². The van der Waals surface area contributed by atoms with Crippen LogP contribution in [0.1, 0.15) is 75.2 Å². The van der Waals surface area contributed by atoms with Gasteiger partial charge in [0.25, 0.3) is 0 Å². The molecule has 0 radical (unpaired) electrons. The van der Waals surface area contributed by atoms with Gasteiger partial charge < -0.3 is 10.2 Å². The summed E-state index contributed by atoms with van der Waals surface area (Å²) in [5.41, 5.74) is -0.577. The van der Waals surface area contributed by atoms with Crippen LogP contribution in [-0.4, -0.2) is 38.3 Å². The highest BCUT2D eigenvalue weighted by molar-refractivity contribution is 8.01. The summed E-state index contributed by atoms with van der Waals surface area (Å²) in [6.45, 7) is 1.92. The molecule has 7 heteroatoms. The molecule has 2 saturated carbocycles. The molecule has 2 N–H and O–H groups in total. The Morgan fingerprint density at radius 2 is 2.17 bits per heavy atom. The standard InChI is InChI=1S/C22H31NO4S2/c1-22(27,12-9-15-4-2-5-15)11-3-6-16-7-8-19(24)17(16)10-13-28-21-23-18(14-29-21)20(25)26/h3,6,14-17,27H,2,4-5,7-13H2,1H3,(H,25,26)/b6-3+/t16-,17-,22+/m1/s1. The molecule has 1 heterocycles. The van der Waals surface area contributed by atoms with E-state index in [1.54, 1.807) is 5.38 Å². The van der Waals surface area contributed by atoms with Gasteiger partial charge in [0.05, 0.1) is 5.60 Å². The highest BCUT2D eigenvalue weighted by Gasteiger charge is 2.32. The number of rotatable bonds is 11. The number of carboxylic acids is 1. The van der Waals surface area contributed by atoms with Gasteiger partial charge in [-0.2, -0.15) is 0 Å². The second-order valence-electron chi connectivity index (χ2n) is 8.68. The van der Waals surface area contributed by atoms with Crippen molar-refractivity contribution in [1.82, 2.24) is 4.98 Å². The number of Topliss-reactive ketones (excluding diaryl/α,β-unsaturated/α-hetero) is 1. The van der Waals surface area contributed by atoms with Gasteiger partial charge in [0.2, 0.25) is 0 Å².